The number of ether oxygens (including phenoxy) is 3. The molecule has 1 atom stereocenters. The first kappa shape index (κ1) is 22.2. The smallest absolute Gasteiger partial charge is 0.268 e. The van der Waals surface area contributed by atoms with Crippen LogP contribution in [0.2, 0.25) is 0 Å². The van der Waals surface area contributed by atoms with E-state index in [0.717, 1.165) is 11.1 Å². The molecule has 1 N–H and O–H groups in total. The Hall–Kier alpha value is -4.00. The zero-order valence-corrected chi connectivity index (χ0v) is 19.0. The number of amides is 2. The van der Waals surface area contributed by atoms with Crippen LogP contribution in [0.25, 0.3) is 0 Å². The van der Waals surface area contributed by atoms with E-state index in [2.05, 4.69) is 5.32 Å². The van der Waals surface area contributed by atoms with Gasteiger partial charge >= 0.3 is 0 Å². The van der Waals surface area contributed by atoms with Crippen LogP contribution in [-0.2, 0) is 11.3 Å². The second kappa shape index (κ2) is 9.24. The summed E-state index contributed by atoms with van der Waals surface area (Å²) in [6.07, 6.45) is -0.596. The number of nitrogens with zero attached hydrogens (tertiary/aromatic N) is 1. The fourth-order valence-corrected chi connectivity index (χ4v) is 3.79. The van der Waals surface area contributed by atoms with Gasteiger partial charge in [0.15, 0.2) is 6.10 Å². The highest BCUT2D eigenvalue weighted by molar-refractivity contribution is 6.09. The Bertz CT molecular complexity index is 1170. The van der Waals surface area contributed by atoms with E-state index in [1.165, 1.54) is 14.2 Å². The summed E-state index contributed by atoms with van der Waals surface area (Å²) in [6, 6.07) is 18.4. The van der Waals surface area contributed by atoms with Crippen molar-refractivity contribution in [3.05, 3.63) is 77.4 Å². The maximum Gasteiger partial charge on any atom is 0.268 e. The standard InChI is InChI=1S/C26H26N2O5/c1-16-8-10-18(11-9-16)15-28-20-14-19(12-13-21(20)33-17(2)26(28)30)27-25(29)24-22(31-3)6-5-7-23(24)32-4/h5-14,17H,15H2,1-4H3,(H,27,29). The van der Waals surface area contributed by atoms with Crippen LogP contribution in [0.4, 0.5) is 11.4 Å². The Morgan fingerprint density at radius 3 is 2.33 bits per heavy atom. The largest absolute Gasteiger partial charge is 0.496 e. The van der Waals surface area contributed by atoms with Gasteiger partial charge in [0.2, 0.25) is 0 Å². The maximum absolute atomic E-state index is 13.1. The van der Waals surface area contributed by atoms with Gasteiger partial charge in [-0.15, -0.1) is 0 Å². The number of hydrogen-bond donors (Lipinski definition) is 1. The third-order valence-electron chi connectivity index (χ3n) is 5.54. The molecule has 0 bridgehead atoms. The molecule has 1 aliphatic heterocycles. The van der Waals surface area contributed by atoms with E-state index in [9.17, 15) is 9.59 Å². The van der Waals surface area contributed by atoms with E-state index < -0.39 is 6.10 Å². The monoisotopic (exact) mass is 446 g/mol. The number of aryl methyl sites for hydroxylation is 1. The molecule has 1 aliphatic rings. The highest BCUT2D eigenvalue weighted by Gasteiger charge is 2.32. The van der Waals surface area contributed by atoms with Gasteiger partial charge in [-0.2, -0.15) is 0 Å². The Labute approximate surface area is 192 Å². The Kier molecular flexibility index (Phi) is 6.22. The van der Waals surface area contributed by atoms with Crippen LogP contribution >= 0.6 is 0 Å². The van der Waals surface area contributed by atoms with Crippen molar-refractivity contribution >= 4 is 23.2 Å². The zero-order chi connectivity index (χ0) is 23.5. The van der Waals surface area contributed by atoms with Gasteiger partial charge in [0.1, 0.15) is 22.8 Å². The molecule has 0 saturated carbocycles. The number of methoxy groups -OCH3 is 2. The number of rotatable bonds is 6. The summed E-state index contributed by atoms with van der Waals surface area (Å²) in [5.41, 5.74) is 3.56. The normalized spacial score (nSPS) is 14.8. The summed E-state index contributed by atoms with van der Waals surface area (Å²) < 4.78 is 16.5. The third-order valence-corrected chi connectivity index (χ3v) is 5.54. The van der Waals surface area contributed by atoms with E-state index in [-0.39, 0.29) is 17.4 Å². The Morgan fingerprint density at radius 1 is 1.03 bits per heavy atom. The molecule has 2 amide bonds. The molecule has 0 saturated heterocycles. The van der Waals surface area contributed by atoms with E-state index in [0.29, 0.717) is 35.2 Å². The quantitative estimate of drug-likeness (QED) is 0.600. The second-order valence-electron chi connectivity index (χ2n) is 7.84. The van der Waals surface area contributed by atoms with E-state index in [4.69, 9.17) is 14.2 Å². The lowest BCUT2D eigenvalue weighted by Crippen LogP contribution is -2.44. The molecule has 1 heterocycles. The molecule has 0 radical (unpaired) electrons. The number of carbonyl (C=O) groups is 2. The molecule has 170 valence electrons. The van der Waals surface area contributed by atoms with Gasteiger partial charge in [0.05, 0.1) is 26.5 Å². The van der Waals surface area contributed by atoms with Gasteiger partial charge in [0.25, 0.3) is 11.8 Å². The number of hydrogen-bond acceptors (Lipinski definition) is 5. The van der Waals surface area contributed by atoms with Gasteiger partial charge < -0.3 is 24.4 Å². The van der Waals surface area contributed by atoms with Crippen molar-refractivity contribution in [2.45, 2.75) is 26.5 Å². The molecule has 1 unspecified atom stereocenters. The number of anilines is 2. The second-order valence-corrected chi connectivity index (χ2v) is 7.84. The number of nitrogens with one attached hydrogen (secondary N) is 1. The van der Waals surface area contributed by atoms with Gasteiger partial charge in [0, 0.05) is 5.69 Å². The SMILES string of the molecule is COc1cccc(OC)c1C(=O)Nc1ccc2c(c1)N(Cc1ccc(C)cc1)C(=O)C(C)O2. The number of benzene rings is 3. The molecular weight excluding hydrogens is 420 g/mol. The first-order chi connectivity index (χ1) is 15.9. The summed E-state index contributed by atoms with van der Waals surface area (Å²) >= 11 is 0. The van der Waals surface area contributed by atoms with Crippen LogP contribution in [0.3, 0.4) is 0 Å². The fourth-order valence-electron chi connectivity index (χ4n) is 3.79. The molecule has 3 aromatic rings. The third kappa shape index (κ3) is 4.48. The van der Waals surface area contributed by atoms with Crippen LogP contribution < -0.4 is 24.4 Å². The van der Waals surface area contributed by atoms with Crippen molar-refractivity contribution in [3.63, 3.8) is 0 Å². The van der Waals surface area contributed by atoms with Gasteiger partial charge in [-0.25, -0.2) is 0 Å². The van der Waals surface area contributed by atoms with Gasteiger partial charge in [-0.3, -0.25) is 9.59 Å². The Morgan fingerprint density at radius 2 is 1.70 bits per heavy atom. The molecule has 7 heteroatoms. The maximum atomic E-state index is 13.1. The predicted octanol–water partition coefficient (Wildman–Crippen LogP) is 4.58. The van der Waals surface area contributed by atoms with Crippen molar-refractivity contribution in [1.29, 1.82) is 0 Å². The lowest BCUT2D eigenvalue weighted by molar-refractivity contribution is -0.125. The summed E-state index contributed by atoms with van der Waals surface area (Å²) in [7, 11) is 3.00. The fraction of sp³-hybridized carbons (Fsp3) is 0.231. The lowest BCUT2D eigenvalue weighted by Gasteiger charge is -2.33. The van der Waals surface area contributed by atoms with Crippen molar-refractivity contribution in [2.75, 3.05) is 24.4 Å². The van der Waals surface area contributed by atoms with E-state index in [1.807, 2.05) is 31.2 Å². The van der Waals surface area contributed by atoms with Crippen LogP contribution in [0, 0.1) is 6.92 Å². The van der Waals surface area contributed by atoms with Crippen LogP contribution in [0.15, 0.2) is 60.7 Å². The lowest BCUT2D eigenvalue weighted by atomic mass is 10.1. The van der Waals surface area contributed by atoms with Crippen molar-refractivity contribution in [2.24, 2.45) is 0 Å². The minimum absolute atomic E-state index is 0.141. The zero-order valence-electron chi connectivity index (χ0n) is 19.0. The molecule has 0 aromatic heterocycles. The van der Waals surface area contributed by atoms with Crippen LogP contribution in [0.1, 0.15) is 28.4 Å². The average Bonchev–Trinajstić information content (AvgIpc) is 2.82. The van der Waals surface area contributed by atoms with Crippen molar-refractivity contribution < 1.29 is 23.8 Å². The van der Waals surface area contributed by atoms with Crippen molar-refractivity contribution in [1.82, 2.24) is 0 Å². The molecular formula is C26H26N2O5. The molecule has 7 nitrogen and oxygen atoms in total. The number of carbonyl (C=O) groups excluding carboxylic acids is 2. The Balaban J connectivity index is 1.66. The highest BCUT2D eigenvalue weighted by Crippen LogP contribution is 2.38. The predicted molar refractivity (Wildman–Crippen MR) is 126 cm³/mol. The first-order valence-corrected chi connectivity index (χ1v) is 10.6. The van der Waals surface area contributed by atoms with Crippen molar-refractivity contribution in [3.8, 4) is 17.2 Å². The topological polar surface area (TPSA) is 77.1 Å². The molecule has 4 rings (SSSR count). The van der Waals surface area contributed by atoms with Gasteiger partial charge in [-0.1, -0.05) is 35.9 Å². The molecule has 33 heavy (non-hydrogen) atoms. The van der Waals surface area contributed by atoms with Crippen LogP contribution in [-0.4, -0.2) is 32.1 Å². The average molecular weight is 447 g/mol. The summed E-state index contributed by atoms with van der Waals surface area (Å²) in [5, 5.41) is 2.88. The summed E-state index contributed by atoms with van der Waals surface area (Å²) in [6.45, 7) is 4.15. The van der Waals surface area contributed by atoms with Crippen LogP contribution in [0.5, 0.6) is 17.2 Å². The minimum atomic E-state index is -0.596. The van der Waals surface area contributed by atoms with E-state index >= 15 is 0 Å². The minimum Gasteiger partial charge on any atom is -0.496 e. The first-order valence-electron chi connectivity index (χ1n) is 10.6. The summed E-state index contributed by atoms with van der Waals surface area (Å²) in [4.78, 5) is 27.7. The van der Waals surface area contributed by atoms with E-state index in [1.54, 1.807) is 48.2 Å². The molecule has 0 aliphatic carbocycles. The number of fused-ring (bicyclic) bond motifs is 1. The molecule has 3 aromatic carbocycles. The van der Waals surface area contributed by atoms with Gasteiger partial charge in [-0.05, 0) is 49.7 Å². The highest BCUT2D eigenvalue weighted by atomic mass is 16.5. The summed E-state index contributed by atoms with van der Waals surface area (Å²) in [5.74, 6) is 0.863. The molecule has 0 fully saturated rings. The molecule has 0 spiro atoms.